The van der Waals surface area contributed by atoms with E-state index in [1.807, 2.05) is 0 Å². The summed E-state index contributed by atoms with van der Waals surface area (Å²) in [6.45, 7) is 4.37. The van der Waals surface area contributed by atoms with Crippen molar-refractivity contribution in [1.82, 2.24) is 14.9 Å². The Labute approximate surface area is 117 Å². The van der Waals surface area contributed by atoms with Crippen LogP contribution in [0.1, 0.15) is 39.2 Å². The molecule has 6 nitrogen and oxygen atoms in total. The van der Waals surface area contributed by atoms with E-state index in [4.69, 9.17) is 10.7 Å². The lowest BCUT2D eigenvalue weighted by Gasteiger charge is -2.12. The van der Waals surface area contributed by atoms with Crippen LogP contribution in [0.2, 0.25) is 0 Å². The second kappa shape index (κ2) is 6.91. The molecular formula is C11H18ClN3O3S. The normalized spacial score (nSPS) is 13.2. The van der Waals surface area contributed by atoms with Gasteiger partial charge in [-0.15, -0.1) is 0 Å². The molecule has 1 aromatic heterocycles. The topological polar surface area (TPSA) is 81.1 Å². The summed E-state index contributed by atoms with van der Waals surface area (Å²) in [5.74, 6) is -0.174. The summed E-state index contributed by atoms with van der Waals surface area (Å²) in [7, 11) is 1.31. The number of halogens is 1. The van der Waals surface area contributed by atoms with Gasteiger partial charge < -0.3 is 9.88 Å². The molecule has 0 aliphatic carbocycles. The van der Waals surface area contributed by atoms with Crippen molar-refractivity contribution in [2.45, 2.75) is 44.2 Å². The van der Waals surface area contributed by atoms with Crippen LogP contribution < -0.4 is 5.32 Å². The molecule has 0 aliphatic heterocycles. The molecule has 0 spiro atoms. The van der Waals surface area contributed by atoms with E-state index in [0.29, 0.717) is 6.54 Å². The second-order valence-corrected chi connectivity index (χ2v) is 6.78. The molecule has 8 heteroatoms. The quantitative estimate of drug-likeness (QED) is 0.614. The maximum absolute atomic E-state index is 11.8. The molecule has 0 bridgehead atoms. The van der Waals surface area contributed by atoms with Gasteiger partial charge in [0.05, 0.1) is 6.33 Å². The Morgan fingerprint density at radius 2 is 2.21 bits per heavy atom. The molecule has 1 rings (SSSR count). The zero-order valence-electron chi connectivity index (χ0n) is 11.0. The average Bonchev–Trinajstić information content (AvgIpc) is 2.82. The molecule has 0 saturated heterocycles. The van der Waals surface area contributed by atoms with Crippen LogP contribution in [0.4, 0.5) is 0 Å². The van der Waals surface area contributed by atoms with Gasteiger partial charge in [0.25, 0.3) is 9.05 Å². The van der Waals surface area contributed by atoms with Crippen molar-refractivity contribution in [1.29, 1.82) is 0 Å². The van der Waals surface area contributed by atoms with Gasteiger partial charge in [0.15, 0.2) is 5.03 Å². The lowest BCUT2D eigenvalue weighted by Crippen LogP contribution is -2.31. The highest BCUT2D eigenvalue weighted by atomic mass is 35.7. The predicted molar refractivity (Wildman–Crippen MR) is 72.5 cm³/mol. The number of hydrogen-bond acceptors (Lipinski definition) is 4. The van der Waals surface area contributed by atoms with Gasteiger partial charge in [-0.1, -0.05) is 19.8 Å². The first-order valence-electron chi connectivity index (χ1n) is 6.12. The van der Waals surface area contributed by atoms with E-state index in [2.05, 4.69) is 17.2 Å². The van der Waals surface area contributed by atoms with Gasteiger partial charge >= 0.3 is 0 Å². The lowest BCUT2D eigenvalue weighted by molar-refractivity contribution is -0.123. The van der Waals surface area contributed by atoms with E-state index >= 15 is 0 Å². The van der Waals surface area contributed by atoms with Crippen LogP contribution in [0.25, 0.3) is 0 Å². The highest BCUT2D eigenvalue weighted by Gasteiger charge is 2.19. The highest BCUT2D eigenvalue weighted by Crippen LogP contribution is 2.14. The molecule has 108 valence electrons. The number of carbonyl (C=O) groups is 1. The molecule has 1 unspecified atom stereocenters. The van der Waals surface area contributed by atoms with Crippen molar-refractivity contribution in [2.24, 2.45) is 0 Å². The van der Waals surface area contributed by atoms with Gasteiger partial charge in [0.2, 0.25) is 5.91 Å². The van der Waals surface area contributed by atoms with Crippen LogP contribution in [0.3, 0.4) is 0 Å². The van der Waals surface area contributed by atoms with Gasteiger partial charge in [-0.05, 0) is 13.3 Å². The second-order valence-electron chi connectivity index (χ2n) is 4.27. The zero-order chi connectivity index (χ0) is 14.5. The van der Waals surface area contributed by atoms with Crippen LogP contribution >= 0.6 is 10.7 Å². The first-order chi connectivity index (χ1) is 8.86. The number of nitrogens with one attached hydrogen (secondary N) is 1. The van der Waals surface area contributed by atoms with Crippen molar-refractivity contribution in [3.63, 3.8) is 0 Å². The standard InChI is InChI=1S/C11H18ClN3O3S/c1-3-4-5-6-13-11(16)9(2)15-7-10(14-8-15)19(12,17)18/h7-9H,3-6H2,1-2H3,(H,13,16). The first-order valence-corrected chi connectivity index (χ1v) is 8.43. The minimum Gasteiger partial charge on any atom is -0.354 e. The van der Waals surface area contributed by atoms with Gasteiger partial charge in [-0.25, -0.2) is 13.4 Å². The van der Waals surface area contributed by atoms with Crippen LogP contribution in [-0.2, 0) is 13.8 Å². The first kappa shape index (κ1) is 16.0. The fourth-order valence-corrected chi connectivity index (χ4v) is 2.18. The lowest BCUT2D eigenvalue weighted by atomic mass is 10.2. The van der Waals surface area contributed by atoms with E-state index < -0.39 is 15.1 Å². The van der Waals surface area contributed by atoms with Crippen molar-refractivity contribution < 1.29 is 13.2 Å². The summed E-state index contributed by atoms with van der Waals surface area (Å²) < 4.78 is 23.6. The molecule has 19 heavy (non-hydrogen) atoms. The van der Waals surface area contributed by atoms with Crippen LogP contribution in [0.15, 0.2) is 17.6 Å². The predicted octanol–water partition coefficient (Wildman–Crippen LogP) is 1.68. The molecule has 1 N–H and O–H groups in total. The van der Waals surface area contributed by atoms with E-state index in [-0.39, 0.29) is 10.9 Å². The molecule has 0 saturated carbocycles. The Morgan fingerprint density at radius 1 is 1.53 bits per heavy atom. The summed E-state index contributed by atoms with van der Waals surface area (Å²) in [4.78, 5) is 15.5. The Morgan fingerprint density at radius 3 is 2.74 bits per heavy atom. The number of amides is 1. The van der Waals surface area contributed by atoms with E-state index in [1.54, 1.807) is 6.92 Å². The summed E-state index contributed by atoms with van der Waals surface area (Å²) in [6, 6.07) is -0.527. The van der Waals surface area contributed by atoms with Gasteiger partial charge in [-0.2, -0.15) is 0 Å². The molecule has 0 aliphatic rings. The molecule has 1 amide bonds. The smallest absolute Gasteiger partial charge is 0.280 e. The fourth-order valence-electron chi connectivity index (χ4n) is 1.53. The van der Waals surface area contributed by atoms with E-state index in [9.17, 15) is 13.2 Å². The minimum atomic E-state index is -3.86. The monoisotopic (exact) mass is 307 g/mol. The third-order valence-electron chi connectivity index (χ3n) is 2.73. The Hall–Kier alpha value is -1.08. The van der Waals surface area contributed by atoms with Gasteiger partial charge in [-0.3, -0.25) is 4.79 Å². The van der Waals surface area contributed by atoms with Crippen molar-refractivity contribution in [2.75, 3.05) is 6.54 Å². The molecular weight excluding hydrogens is 290 g/mol. The largest absolute Gasteiger partial charge is 0.354 e. The Balaban J connectivity index is 2.60. The third kappa shape index (κ3) is 4.83. The Kier molecular flexibility index (Phi) is 5.81. The van der Waals surface area contributed by atoms with Crippen molar-refractivity contribution in [3.8, 4) is 0 Å². The number of rotatable bonds is 7. The summed E-state index contributed by atoms with van der Waals surface area (Å²) in [6.07, 6.45) is 5.61. The zero-order valence-corrected chi connectivity index (χ0v) is 12.5. The van der Waals surface area contributed by atoms with E-state index in [1.165, 1.54) is 17.1 Å². The van der Waals surface area contributed by atoms with E-state index in [0.717, 1.165) is 19.3 Å². The minimum absolute atomic E-state index is 0.174. The van der Waals surface area contributed by atoms with Gasteiger partial charge in [0.1, 0.15) is 6.04 Å². The third-order valence-corrected chi connectivity index (χ3v) is 3.92. The van der Waals surface area contributed by atoms with Gasteiger partial charge in [0, 0.05) is 23.4 Å². The number of imidazole rings is 1. The highest BCUT2D eigenvalue weighted by molar-refractivity contribution is 8.13. The summed E-state index contributed by atoms with van der Waals surface area (Å²) in [5, 5.41) is 2.54. The summed E-state index contributed by atoms with van der Waals surface area (Å²) >= 11 is 0. The number of aromatic nitrogens is 2. The molecule has 1 aromatic rings. The number of unbranched alkanes of at least 4 members (excludes halogenated alkanes) is 2. The number of hydrogen-bond donors (Lipinski definition) is 1. The molecule has 0 aromatic carbocycles. The molecule has 0 fully saturated rings. The SMILES string of the molecule is CCCCCNC(=O)C(C)n1cnc(S(=O)(=O)Cl)c1. The molecule has 1 atom stereocenters. The maximum atomic E-state index is 11.8. The number of carbonyl (C=O) groups excluding carboxylic acids is 1. The summed E-state index contributed by atoms with van der Waals surface area (Å²) in [5.41, 5.74) is 0. The Bertz CT molecular complexity index is 527. The van der Waals surface area contributed by atoms with Crippen LogP contribution in [0.5, 0.6) is 0 Å². The van der Waals surface area contributed by atoms with Crippen molar-refractivity contribution >= 4 is 25.6 Å². The van der Waals surface area contributed by atoms with Crippen molar-refractivity contribution in [3.05, 3.63) is 12.5 Å². The van der Waals surface area contributed by atoms with Crippen LogP contribution in [-0.4, -0.2) is 30.4 Å². The fraction of sp³-hybridized carbons (Fsp3) is 0.636. The average molecular weight is 308 g/mol. The number of nitrogens with zero attached hydrogens (tertiary/aromatic N) is 2. The van der Waals surface area contributed by atoms with Crippen LogP contribution in [0, 0.1) is 0 Å². The molecule has 1 heterocycles. The maximum Gasteiger partial charge on any atom is 0.280 e. The molecule has 0 radical (unpaired) electrons.